The molecule has 112 valence electrons. The van der Waals surface area contributed by atoms with E-state index >= 15 is 0 Å². The van der Waals surface area contributed by atoms with Gasteiger partial charge in [-0.25, -0.2) is 0 Å². The summed E-state index contributed by atoms with van der Waals surface area (Å²) in [6, 6.07) is 6.50. The van der Waals surface area contributed by atoms with Crippen LogP contribution in [0.1, 0.15) is 38.8 Å². The third kappa shape index (κ3) is 4.80. The number of nitrogens with one attached hydrogen (secondary N) is 1. The van der Waals surface area contributed by atoms with Crippen LogP contribution in [0, 0.1) is 0 Å². The minimum absolute atomic E-state index is 0.167. The van der Waals surface area contributed by atoms with Gasteiger partial charge in [0.15, 0.2) is 0 Å². The van der Waals surface area contributed by atoms with E-state index in [4.69, 9.17) is 9.47 Å². The fraction of sp³-hybridized carbons (Fsp3) is 0.647. The Morgan fingerprint density at radius 2 is 2.10 bits per heavy atom. The summed E-state index contributed by atoms with van der Waals surface area (Å²) in [7, 11) is 0. The largest absolute Gasteiger partial charge is 0.490 e. The molecule has 0 amide bonds. The number of ether oxygens (including phenoxy) is 2. The number of rotatable bonds is 6. The van der Waals surface area contributed by atoms with E-state index in [0.29, 0.717) is 6.10 Å². The molecule has 2 rings (SSSR count). The van der Waals surface area contributed by atoms with Crippen molar-refractivity contribution in [3.8, 4) is 5.75 Å². The second kappa shape index (κ2) is 6.59. The van der Waals surface area contributed by atoms with Crippen LogP contribution in [0.4, 0.5) is 0 Å². The van der Waals surface area contributed by atoms with Crippen molar-refractivity contribution < 1.29 is 9.47 Å². The molecule has 1 N–H and O–H groups in total. The Morgan fingerprint density at radius 1 is 1.30 bits per heavy atom. The zero-order valence-electron chi connectivity index (χ0n) is 13.2. The molecule has 1 unspecified atom stereocenters. The van der Waals surface area contributed by atoms with Crippen LogP contribution in [0.25, 0.3) is 0 Å². The topological polar surface area (TPSA) is 30.5 Å². The monoisotopic (exact) mass is 277 g/mol. The van der Waals surface area contributed by atoms with Crippen LogP contribution >= 0.6 is 0 Å². The Bertz CT molecular complexity index is 437. The van der Waals surface area contributed by atoms with Gasteiger partial charge in [0.05, 0.1) is 13.2 Å². The highest BCUT2D eigenvalue weighted by Crippen LogP contribution is 2.29. The molecule has 1 aliphatic heterocycles. The molecule has 3 heteroatoms. The third-order valence-electron chi connectivity index (χ3n) is 3.40. The average Bonchev–Trinajstić information content (AvgIpc) is 2.71. The van der Waals surface area contributed by atoms with Gasteiger partial charge in [-0.15, -0.1) is 0 Å². The maximum atomic E-state index is 5.71. The van der Waals surface area contributed by atoms with Gasteiger partial charge in [-0.3, -0.25) is 0 Å². The molecule has 0 spiro atoms. The van der Waals surface area contributed by atoms with Crippen molar-refractivity contribution in [3.05, 3.63) is 29.3 Å². The summed E-state index contributed by atoms with van der Waals surface area (Å²) in [4.78, 5) is 0. The van der Waals surface area contributed by atoms with E-state index in [1.54, 1.807) is 0 Å². The van der Waals surface area contributed by atoms with E-state index in [9.17, 15) is 0 Å². The molecule has 0 aromatic heterocycles. The molecule has 0 bridgehead atoms. The quantitative estimate of drug-likeness (QED) is 0.811. The summed E-state index contributed by atoms with van der Waals surface area (Å²) in [6.45, 7) is 11.1. The molecule has 1 aromatic rings. The Hall–Kier alpha value is -1.06. The molecule has 0 saturated carbocycles. The molecule has 0 fully saturated rings. The highest BCUT2D eigenvalue weighted by atomic mass is 16.5. The van der Waals surface area contributed by atoms with E-state index in [2.05, 4.69) is 51.2 Å². The number of hydrogen-bond donors (Lipinski definition) is 1. The van der Waals surface area contributed by atoms with E-state index in [0.717, 1.165) is 38.3 Å². The predicted molar refractivity (Wildman–Crippen MR) is 82.5 cm³/mol. The molecule has 0 radical (unpaired) electrons. The first-order valence-corrected chi connectivity index (χ1v) is 7.55. The smallest absolute Gasteiger partial charge is 0.123 e. The lowest BCUT2D eigenvalue weighted by atomic mass is 10.1. The molecule has 1 aromatic carbocycles. The third-order valence-corrected chi connectivity index (χ3v) is 3.40. The van der Waals surface area contributed by atoms with Crippen molar-refractivity contribution >= 4 is 0 Å². The molecule has 1 heterocycles. The first kappa shape index (κ1) is 15.3. The van der Waals surface area contributed by atoms with Gasteiger partial charge in [-0.2, -0.15) is 0 Å². The summed E-state index contributed by atoms with van der Waals surface area (Å²) >= 11 is 0. The molecular formula is C17H27NO2. The van der Waals surface area contributed by atoms with Gasteiger partial charge in [0.2, 0.25) is 0 Å². The number of benzene rings is 1. The van der Waals surface area contributed by atoms with Crippen molar-refractivity contribution in [3.63, 3.8) is 0 Å². The lowest BCUT2D eigenvalue weighted by Crippen LogP contribution is -2.38. The normalized spacial score (nSPS) is 17.9. The number of hydrogen-bond acceptors (Lipinski definition) is 3. The zero-order valence-corrected chi connectivity index (χ0v) is 13.2. The van der Waals surface area contributed by atoms with E-state index in [-0.39, 0.29) is 5.54 Å². The van der Waals surface area contributed by atoms with Crippen molar-refractivity contribution in [1.82, 2.24) is 5.32 Å². The zero-order chi connectivity index (χ0) is 14.6. The summed E-state index contributed by atoms with van der Waals surface area (Å²) < 4.78 is 11.4. The highest BCUT2D eigenvalue weighted by molar-refractivity contribution is 5.40. The molecule has 1 aliphatic rings. The van der Waals surface area contributed by atoms with Crippen LogP contribution in [-0.4, -0.2) is 31.4 Å². The molecule has 20 heavy (non-hydrogen) atoms. The van der Waals surface area contributed by atoms with Crippen LogP contribution < -0.4 is 10.1 Å². The highest BCUT2D eigenvalue weighted by Gasteiger charge is 2.18. The van der Waals surface area contributed by atoms with Gasteiger partial charge in [-0.05, 0) is 51.3 Å². The summed E-state index contributed by atoms with van der Waals surface area (Å²) in [5, 5.41) is 3.42. The SMILES string of the molecule is CC1Cc2cc(CCOCCNC(C)(C)C)ccc2O1. The summed E-state index contributed by atoms with van der Waals surface area (Å²) in [5.41, 5.74) is 2.84. The minimum atomic E-state index is 0.167. The Labute approximate surface area is 122 Å². The molecule has 1 atom stereocenters. The van der Waals surface area contributed by atoms with Crippen LogP contribution in [0.3, 0.4) is 0 Å². The van der Waals surface area contributed by atoms with Crippen molar-refractivity contribution in [2.75, 3.05) is 19.8 Å². The van der Waals surface area contributed by atoms with Crippen molar-refractivity contribution in [2.24, 2.45) is 0 Å². The number of fused-ring (bicyclic) bond motifs is 1. The second-order valence-electron chi connectivity index (χ2n) is 6.61. The van der Waals surface area contributed by atoms with Gasteiger partial charge in [0, 0.05) is 18.5 Å². The predicted octanol–water partition coefficient (Wildman–Crippen LogP) is 2.96. The Kier molecular flexibility index (Phi) is 5.06. The first-order chi connectivity index (χ1) is 9.44. The van der Waals surface area contributed by atoms with Crippen LogP contribution in [0.15, 0.2) is 18.2 Å². The van der Waals surface area contributed by atoms with Crippen LogP contribution in [0.5, 0.6) is 5.75 Å². The van der Waals surface area contributed by atoms with E-state index in [1.165, 1.54) is 11.1 Å². The molecular weight excluding hydrogens is 250 g/mol. The molecule has 0 saturated heterocycles. The van der Waals surface area contributed by atoms with Gasteiger partial charge < -0.3 is 14.8 Å². The molecule has 0 aliphatic carbocycles. The lowest BCUT2D eigenvalue weighted by Gasteiger charge is -2.20. The summed E-state index contributed by atoms with van der Waals surface area (Å²) in [5.74, 6) is 1.05. The van der Waals surface area contributed by atoms with Gasteiger partial charge in [-0.1, -0.05) is 12.1 Å². The first-order valence-electron chi connectivity index (χ1n) is 7.55. The Morgan fingerprint density at radius 3 is 2.85 bits per heavy atom. The fourth-order valence-corrected chi connectivity index (χ4v) is 2.42. The maximum absolute atomic E-state index is 5.71. The Balaban J connectivity index is 1.67. The van der Waals surface area contributed by atoms with Gasteiger partial charge in [0.1, 0.15) is 11.9 Å². The standard InChI is InChI=1S/C17H27NO2/c1-13-11-15-12-14(5-6-16(15)20-13)7-9-19-10-8-18-17(2,3)4/h5-6,12-13,18H,7-11H2,1-4H3. The lowest BCUT2D eigenvalue weighted by molar-refractivity contribution is 0.133. The van der Waals surface area contributed by atoms with E-state index in [1.807, 2.05) is 0 Å². The van der Waals surface area contributed by atoms with E-state index < -0.39 is 0 Å². The van der Waals surface area contributed by atoms with Crippen LogP contribution in [-0.2, 0) is 17.6 Å². The second-order valence-corrected chi connectivity index (χ2v) is 6.61. The van der Waals surface area contributed by atoms with Gasteiger partial charge >= 0.3 is 0 Å². The summed E-state index contributed by atoms with van der Waals surface area (Å²) in [6.07, 6.45) is 2.32. The fourth-order valence-electron chi connectivity index (χ4n) is 2.42. The van der Waals surface area contributed by atoms with Crippen molar-refractivity contribution in [2.45, 2.75) is 52.2 Å². The van der Waals surface area contributed by atoms with Crippen LogP contribution in [0.2, 0.25) is 0 Å². The minimum Gasteiger partial charge on any atom is -0.490 e. The average molecular weight is 277 g/mol. The molecule has 3 nitrogen and oxygen atoms in total. The van der Waals surface area contributed by atoms with Gasteiger partial charge in [0.25, 0.3) is 0 Å². The maximum Gasteiger partial charge on any atom is 0.123 e. The van der Waals surface area contributed by atoms with Crippen molar-refractivity contribution in [1.29, 1.82) is 0 Å².